The Hall–Kier alpha value is -4.19. The molecule has 1 heterocycles. The Morgan fingerprint density at radius 2 is 1.39 bits per heavy atom. The van der Waals surface area contributed by atoms with Gasteiger partial charge in [-0.1, -0.05) is 74.5 Å². The highest BCUT2D eigenvalue weighted by atomic mass is 16.2. The van der Waals surface area contributed by atoms with E-state index in [0.717, 1.165) is 11.1 Å². The lowest BCUT2D eigenvalue weighted by atomic mass is 10.1. The van der Waals surface area contributed by atoms with Crippen molar-refractivity contribution in [1.82, 2.24) is 9.78 Å². The Kier molecular flexibility index (Phi) is 6.64. The van der Waals surface area contributed by atoms with Crippen molar-refractivity contribution in [3.63, 3.8) is 0 Å². The number of hydrogen-bond donors (Lipinski definition) is 2. The Bertz CT molecular complexity index is 1230. The average molecular weight is 439 g/mol. The summed E-state index contributed by atoms with van der Waals surface area (Å²) in [6.45, 7) is 4.25. The van der Waals surface area contributed by atoms with Gasteiger partial charge in [-0.05, 0) is 29.8 Å². The number of anilines is 2. The molecule has 0 unspecified atom stereocenters. The van der Waals surface area contributed by atoms with Crippen LogP contribution < -0.4 is 10.6 Å². The molecule has 0 saturated heterocycles. The van der Waals surface area contributed by atoms with Gasteiger partial charge in [-0.3, -0.25) is 14.3 Å². The summed E-state index contributed by atoms with van der Waals surface area (Å²) in [7, 11) is 0. The molecule has 3 aromatic carbocycles. The van der Waals surface area contributed by atoms with Crippen LogP contribution in [0, 0.1) is 5.92 Å². The lowest BCUT2D eigenvalue weighted by Gasteiger charge is -2.09. The van der Waals surface area contributed by atoms with E-state index in [1.54, 1.807) is 35.1 Å². The molecule has 0 aliphatic heterocycles. The molecular formula is C27H26N4O2. The number of rotatable bonds is 7. The number of nitrogens with one attached hydrogen (secondary N) is 2. The van der Waals surface area contributed by atoms with Crippen LogP contribution in [0.15, 0.2) is 91.1 Å². The first-order valence-corrected chi connectivity index (χ1v) is 10.9. The predicted octanol–water partition coefficient (Wildman–Crippen LogP) is 5.45. The minimum atomic E-state index is -0.243. The van der Waals surface area contributed by atoms with E-state index in [0.29, 0.717) is 29.2 Å². The molecule has 0 radical (unpaired) electrons. The van der Waals surface area contributed by atoms with Crippen LogP contribution in [0.5, 0.6) is 0 Å². The first-order chi connectivity index (χ1) is 16.0. The number of benzene rings is 3. The van der Waals surface area contributed by atoms with Crippen LogP contribution in [0.2, 0.25) is 0 Å². The van der Waals surface area contributed by atoms with Gasteiger partial charge in [0.15, 0.2) is 0 Å². The highest BCUT2D eigenvalue weighted by Crippen LogP contribution is 2.24. The number of nitrogens with zero attached hydrogens (tertiary/aromatic N) is 2. The Labute approximate surface area is 193 Å². The monoisotopic (exact) mass is 438 g/mol. The molecule has 0 fully saturated rings. The zero-order valence-corrected chi connectivity index (χ0v) is 18.7. The van der Waals surface area contributed by atoms with Gasteiger partial charge < -0.3 is 10.6 Å². The third kappa shape index (κ3) is 5.54. The summed E-state index contributed by atoms with van der Waals surface area (Å²) >= 11 is 0. The molecule has 1 aromatic heterocycles. The van der Waals surface area contributed by atoms with Crippen LogP contribution in [0.1, 0.15) is 29.8 Å². The van der Waals surface area contributed by atoms with Crippen LogP contribution in [-0.2, 0) is 11.3 Å². The minimum absolute atomic E-state index is 0.0508. The lowest BCUT2D eigenvalue weighted by molar-refractivity contribution is -0.118. The Morgan fingerprint density at radius 1 is 0.818 bits per heavy atom. The van der Waals surface area contributed by atoms with Crippen molar-refractivity contribution in [2.75, 3.05) is 10.6 Å². The Balaban J connectivity index is 1.56. The fraction of sp³-hybridized carbons (Fsp3) is 0.148. The van der Waals surface area contributed by atoms with Crippen molar-refractivity contribution in [1.29, 1.82) is 0 Å². The quantitative estimate of drug-likeness (QED) is 0.403. The second-order valence-corrected chi connectivity index (χ2v) is 8.12. The van der Waals surface area contributed by atoms with Gasteiger partial charge >= 0.3 is 0 Å². The normalized spacial score (nSPS) is 10.8. The maximum atomic E-state index is 13.2. The minimum Gasteiger partial charge on any atom is -0.326 e. The molecular weight excluding hydrogens is 412 g/mol. The second kappa shape index (κ2) is 9.96. The molecule has 4 aromatic rings. The van der Waals surface area contributed by atoms with Gasteiger partial charge in [0, 0.05) is 29.1 Å². The highest BCUT2D eigenvalue weighted by Gasteiger charge is 2.18. The number of amides is 2. The van der Waals surface area contributed by atoms with Crippen LogP contribution in [0.4, 0.5) is 11.4 Å². The van der Waals surface area contributed by atoms with E-state index in [4.69, 9.17) is 5.10 Å². The van der Waals surface area contributed by atoms with Crippen molar-refractivity contribution in [3.05, 3.63) is 102 Å². The molecule has 0 saturated carbocycles. The second-order valence-electron chi connectivity index (χ2n) is 8.12. The summed E-state index contributed by atoms with van der Waals surface area (Å²) in [5, 5.41) is 10.5. The molecule has 6 heteroatoms. The molecule has 0 aliphatic carbocycles. The average Bonchev–Trinajstić information content (AvgIpc) is 3.25. The van der Waals surface area contributed by atoms with Gasteiger partial charge in [0.2, 0.25) is 5.91 Å². The topological polar surface area (TPSA) is 76.0 Å². The maximum Gasteiger partial charge on any atom is 0.259 e. The number of carbonyl (C=O) groups is 2. The predicted molar refractivity (Wildman–Crippen MR) is 131 cm³/mol. The first kappa shape index (κ1) is 22.0. The summed E-state index contributed by atoms with van der Waals surface area (Å²) in [6, 6.07) is 26.8. The molecule has 0 aliphatic rings. The van der Waals surface area contributed by atoms with Gasteiger partial charge in [0.1, 0.15) is 5.69 Å². The molecule has 0 bridgehead atoms. The van der Waals surface area contributed by atoms with E-state index in [1.807, 2.05) is 74.5 Å². The molecule has 33 heavy (non-hydrogen) atoms. The largest absolute Gasteiger partial charge is 0.326 e. The van der Waals surface area contributed by atoms with Crippen molar-refractivity contribution in [3.8, 4) is 11.3 Å². The summed E-state index contributed by atoms with van der Waals surface area (Å²) in [6.07, 6.45) is 1.78. The smallest absolute Gasteiger partial charge is 0.259 e. The van der Waals surface area contributed by atoms with Gasteiger partial charge in [0.25, 0.3) is 5.91 Å². The SMILES string of the molecule is CC(C)C(=O)Nc1ccc(NC(=O)c2cn(Cc3ccccc3)nc2-c2ccccc2)cc1. The number of hydrogen-bond acceptors (Lipinski definition) is 3. The van der Waals surface area contributed by atoms with Crippen molar-refractivity contribution in [2.45, 2.75) is 20.4 Å². The van der Waals surface area contributed by atoms with Crippen molar-refractivity contribution in [2.24, 2.45) is 5.92 Å². The van der Waals surface area contributed by atoms with E-state index < -0.39 is 0 Å². The molecule has 4 rings (SSSR count). The van der Waals surface area contributed by atoms with Crippen LogP contribution in [0.3, 0.4) is 0 Å². The molecule has 2 N–H and O–H groups in total. The fourth-order valence-corrected chi connectivity index (χ4v) is 3.37. The van der Waals surface area contributed by atoms with Crippen molar-refractivity contribution < 1.29 is 9.59 Å². The van der Waals surface area contributed by atoms with Gasteiger partial charge in [-0.15, -0.1) is 0 Å². The Morgan fingerprint density at radius 3 is 2.00 bits per heavy atom. The number of carbonyl (C=O) groups excluding carboxylic acids is 2. The fourth-order valence-electron chi connectivity index (χ4n) is 3.37. The third-order valence-corrected chi connectivity index (χ3v) is 5.18. The van der Waals surface area contributed by atoms with E-state index in [1.165, 1.54) is 0 Å². The molecule has 0 spiro atoms. The van der Waals surface area contributed by atoms with Crippen LogP contribution >= 0.6 is 0 Å². The highest BCUT2D eigenvalue weighted by molar-refractivity contribution is 6.08. The lowest BCUT2D eigenvalue weighted by Crippen LogP contribution is -2.17. The van der Waals surface area contributed by atoms with Crippen molar-refractivity contribution >= 4 is 23.2 Å². The zero-order chi connectivity index (χ0) is 23.2. The number of aromatic nitrogens is 2. The van der Waals surface area contributed by atoms with Crippen LogP contribution in [-0.4, -0.2) is 21.6 Å². The molecule has 2 amide bonds. The summed E-state index contributed by atoms with van der Waals surface area (Å²) < 4.78 is 1.79. The van der Waals surface area contributed by atoms with Gasteiger partial charge in [0.05, 0.1) is 12.1 Å². The third-order valence-electron chi connectivity index (χ3n) is 5.18. The standard InChI is InChI=1S/C27H26N4O2/c1-19(2)26(32)28-22-13-15-23(16-14-22)29-27(33)24-18-31(17-20-9-5-3-6-10-20)30-25(24)21-11-7-4-8-12-21/h3-16,18-19H,17H2,1-2H3,(H,28,32)(H,29,33). The van der Waals surface area contributed by atoms with Gasteiger partial charge in [-0.25, -0.2) is 0 Å². The molecule has 6 nitrogen and oxygen atoms in total. The summed E-state index contributed by atoms with van der Waals surface area (Å²) in [5.74, 6) is -0.398. The molecule has 0 atom stereocenters. The zero-order valence-electron chi connectivity index (χ0n) is 18.7. The first-order valence-electron chi connectivity index (χ1n) is 10.9. The van der Waals surface area contributed by atoms with Gasteiger partial charge in [-0.2, -0.15) is 5.10 Å². The molecule has 166 valence electrons. The van der Waals surface area contributed by atoms with E-state index in [-0.39, 0.29) is 17.7 Å². The van der Waals surface area contributed by atoms with E-state index in [2.05, 4.69) is 10.6 Å². The van der Waals surface area contributed by atoms with E-state index in [9.17, 15) is 9.59 Å². The van der Waals surface area contributed by atoms with Crippen LogP contribution in [0.25, 0.3) is 11.3 Å². The maximum absolute atomic E-state index is 13.2. The summed E-state index contributed by atoms with van der Waals surface area (Å²) in [5.41, 5.74) is 4.43. The summed E-state index contributed by atoms with van der Waals surface area (Å²) in [4.78, 5) is 25.1. The van der Waals surface area contributed by atoms with E-state index >= 15 is 0 Å².